The van der Waals surface area contributed by atoms with E-state index in [-0.39, 0.29) is 23.5 Å². The number of nitrogens with one attached hydrogen (secondary N) is 2. The lowest BCUT2D eigenvalue weighted by molar-refractivity contribution is -0.120. The molecule has 1 atom stereocenters. The fourth-order valence-electron chi connectivity index (χ4n) is 1.91. The van der Waals surface area contributed by atoms with Crippen molar-refractivity contribution in [3.8, 4) is 0 Å². The Morgan fingerprint density at radius 1 is 1.24 bits per heavy atom. The van der Waals surface area contributed by atoms with Crippen LogP contribution in [-0.2, 0) is 4.79 Å². The van der Waals surface area contributed by atoms with Crippen molar-refractivity contribution < 1.29 is 9.18 Å². The Morgan fingerprint density at radius 2 is 1.95 bits per heavy atom. The fourth-order valence-corrected chi connectivity index (χ4v) is 2.09. The molecule has 0 heterocycles. The lowest BCUT2D eigenvalue weighted by Gasteiger charge is -2.15. The van der Waals surface area contributed by atoms with Crippen LogP contribution < -0.4 is 10.6 Å². The van der Waals surface area contributed by atoms with Gasteiger partial charge in [-0.2, -0.15) is 0 Å². The molecule has 0 aliphatic rings. The van der Waals surface area contributed by atoms with E-state index in [0.717, 1.165) is 5.56 Å². The molecule has 3 nitrogen and oxygen atoms in total. The molecule has 0 radical (unpaired) electrons. The lowest BCUT2D eigenvalue weighted by Crippen LogP contribution is -2.32. The van der Waals surface area contributed by atoms with Gasteiger partial charge in [-0.05, 0) is 30.7 Å². The smallest absolute Gasteiger partial charge is 0.239 e. The largest absolute Gasteiger partial charge is 0.376 e. The molecule has 0 aliphatic heterocycles. The first kappa shape index (κ1) is 15.3. The summed E-state index contributed by atoms with van der Waals surface area (Å²) < 4.78 is 13.0. The summed E-state index contributed by atoms with van der Waals surface area (Å²) in [5, 5.41) is 5.82. The second-order valence-corrected chi connectivity index (χ2v) is 5.09. The van der Waals surface area contributed by atoms with Gasteiger partial charge in [0.1, 0.15) is 5.82 Å². The van der Waals surface area contributed by atoms with Crippen LogP contribution in [0.15, 0.2) is 48.5 Å². The van der Waals surface area contributed by atoms with Crippen LogP contribution >= 0.6 is 11.6 Å². The Labute approximate surface area is 128 Å². The number of anilines is 1. The van der Waals surface area contributed by atoms with Crippen molar-refractivity contribution in [3.63, 3.8) is 0 Å². The maximum atomic E-state index is 13.0. The minimum absolute atomic E-state index is 0.0260. The highest BCUT2D eigenvalue weighted by Gasteiger charge is 2.09. The molecule has 0 spiro atoms. The van der Waals surface area contributed by atoms with E-state index in [1.165, 1.54) is 18.2 Å². The maximum Gasteiger partial charge on any atom is 0.239 e. The molecule has 0 bridgehead atoms. The van der Waals surface area contributed by atoms with Gasteiger partial charge in [0, 0.05) is 5.69 Å². The van der Waals surface area contributed by atoms with Crippen molar-refractivity contribution in [2.75, 3.05) is 11.9 Å². The summed E-state index contributed by atoms with van der Waals surface area (Å²) in [6.45, 7) is 2.02. The number of carbonyl (C=O) groups excluding carboxylic acids is 1. The van der Waals surface area contributed by atoms with E-state index in [1.807, 2.05) is 37.3 Å². The molecule has 1 amide bonds. The molecular formula is C16H16ClFN2O. The van der Waals surface area contributed by atoms with Gasteiger partial charge in [0.15, 0.2) is 0 Å². The van der Waals surface area contributed by atoms with E-state index in [1.54, 1.807) is 0 Å². The zero-order chi connectivity index (χ0) is 15.2. The van der Waals surface area contributed by atoms with E-state index in [0.29, 0.717) is 5.69 Å². The predicted octanol–water partition coefficient (Wildman–Crippen LogP) is 3.77. The molecule has 5 heteroatoms. The van der Waals surface area contributed by atoms with Gasteiger partial charge in [0.25, 0.3) is 0 Å². The first-order valence-corrected chi connectivity index (χ1v) is 6.97. The number of hydrogen-bond donors (Lipinski definition) is 2. The minimum Gasteiger partial charge on any atom is -0.376 e. The third kappa shape index (κ3) is 4.46. The number of rotatable bonds is 5. The first-order chi connectivity index (χ1) is 10.1. The van der Waals surface area contributed by atoms with Crippen molar-refractivity contribution >= 4 is 23.2 Å². The molecule has 2 aromatic rings. The van der Waals surface area contributed by atoms with Crippen molar-refractivity contribution in [2.24, 2.45) is 0 Å². The standard InChI is InChI=1S/C16H16ClFN2O/c1-11(12-5-3-2-4-6-12)20-16(21)10-19-13-7-8-15(18)14(17)9-13/h2-9,11,19H,10H2,1H3,(H,20,21). The van der Waals surface area contributed by atoms with Crippen LogP contribution in [0.3, 0.4) is 0 Å². The Balaban J connectivity index is 1.86. The topological polar surface area (TPSA) is 41.1 Å². The van der Waals surface area contributed by atoms with Gasteiger partial charge in [0.05, 0.1) is 17.6 Å². The van der Waals surface area contributed by atoms with Crippen molar-refractivity contribution in [1.29, 1.82) is 0 Å². The van der Waals surface area contributed by atoms with Crippen LogP contribution in [0.1, 0.15) is 18.5 Å². The minimum atomic E-state index is -0.482. The average Bonchev–Trinajstić information content (AvgIpc) is 2.49. The summed E-state index contributed by atoms with van der Waals surface area (Å²) in [4.78, 5) is 11.9. The highest BCUT2D eigenvalue weighted by molar-refractivity contribution is 6.31. The van der Waals surface area contributed by atoms with Crippen molar-refractivity contribution in [2.45, 2.75) is 13.0 Å². The molecule has 1 unspecified atom stereocenters. The molecule has 0 aromatic heterocycles. The first-order valence-electron chi connectivity index (χ1n) is 6.59. The van der Waals surface area contributed by atoms with Gasteiger partial charge < -0.3 is 10.6 Å². The molecule has 2 rings (SSSR count). The second-order valence-electron chi connectivity index (χ2n) is 4.68. The Morgan fingerprint density at radius 3 is 2.62 bits per heavy atom. The Hall–Kier alpha value is -2.07. The molecule has 2 aromatic carbocycles. The van der Waals surface area contributed by atoms with Crippen molar-refractivity contribution in [1.82, 2.24) is 5.32 Å². The molecule has 0 fully saturated rings. The number of halogens is 2. The van der Waals surface area contributed by atoms with Crippen LogP contribution in [0.5, 0.6) is 0 Å². The highest BCUT2D eigenvalue weighted by atomic mass is 35.5. The average molecular weight is 307 g/mol. The van der Waals surface area contributed by atoms with Crippen LogP contribution in [-0.4, -0.2) is 12.5 Å². The molecule has 110 valence electrons. The zero-order valence-corrected chi connectivity index (χ0v) is 12.3. The van der Waals surface area contributed by atoms with E-state index >= 15 is 0 Å². The van der Waals surface area contributed by atoms with E-state index in [9.17, 15) is 9.18 Å². The Kier molecular flexibility index (Phi) is 5.17. The quantitative estimate of drug-likeness (QED) is 0.883. The van der Waals surface area contributed by atoms with Gasteiger partial charge >= 0.3 is 0 Å². The molecule has 0 saturated heterocycles. The zero-order valence-electron chi connectivity index (χ0n) is 11.6. The molecule has 0 saturated carbocycles. The third-order valence-corrected chi connectivity index (χ3v) is 3.34. The number of hydrogen-bond acceptors (Lipinski definition) is 2. The summed E-state index contributed by atoms with van der Waals surface area (Å²) in [5.74, 6) is -0.629. The van der Waals surface area contributed by atoms with Gasteiger partial charge in [-0.3, -0.25) is 4.79 Å². The normalized spacial score (nSPS) is 11.8. The lowest BCUT2D eigenvalue weighted by atomic mass is 10.1. The monoisotopic (exact) mass is 306 g/mol. The summed E-state index contributed by atoms with van der Waals surface area (Å²) in [6, 6.07) is 13.9. The summed E-state index contributed by atoms with van der Waals surface area (Å²) >= 11 is 5.68. The second kappa shape index (κ2) is 7.09. The third-order valence-electron chi connectivity index (χ3n) is 3.05. The van der Waals surface area contributed by atoms with Gasteiger partial charge in [-0.1, -0.05) is 41.9 Å². The van der Waals surface area contributed by atoms with E-state index in [2.05, 4.69) is 10.6 Å². The SMILES string of the molecule is CC(NC(=O)CNc1ccc(F)c(Cl)c1)c1ccccc1. The Bertz CT molecular complexity index is 619. The van der Waals surface area contributed by atoms with Crippen LogP contribution in [0.25, 0.3) is 0 Å². The van der Waals surface area contributed by atoms with Gasteiger partial charge in [0.2, 0.25) is 5.91 Å². The van der Waals surface area contributed by atoms with Crippen LogP contribution in [0, 0.1) is 5.82 Å². The van der Waals surface area contributed by atoms with Gasteiger partial charge in [-0.15, -0.1) is 0 Å². The number of amides is 1. The maximum absolute atomic E-state index is 13.0. The van der Waals surface area contributed by atoms with E-state index in [4.69, 9.17) is 11.6 Å². The predicted molar refractivity (Wildman–Crippen MR) is 82.9 cm³/mol. The molecule has 0 aliphatic carbocycles. The molecule has 21 heavy (non-hydrogen) atoms. The molecular weight excluding hydrogens is 291 g/mol. The van der Waals surface area contributed by atoms with Crippen molar-refractivity contribution in [3.05, 3.63) is 64.9 Å². The summed E-state index contributed by atoms with van der Waals surface area (Å²) in [5.41, 5.74) is 1.64. The highest BCUT2D eigenvalue weighted by Crippen LogP contribution is 2.19. The van der Waals surface area contributed by atoms with Crippen LogP contribution in [0.4, 0.5) is 10.1 Å². The van der Waals surface area contributed by atoms with E-state index < -0.39 is 5.82 Å². The number of benzene rings is 2. The fraction of sp³-hybridized carbons (Fsp3) is 0.188. The molecule has 2 N–H and O–H groups in total. The van der Waals surface area contributed by atoms with Crippen LogP contribution in [0.2, 0.25) is 5.02 Å². The van der Waals surface area contributed by atoms with Gasteiger partial charge in [-0.25, -0.2) is 4.39 Å². The summed E-state index contributed by atoms with van der Waals surface area (Å²) in [6.07, 6.45) is 0. The number of carbonyl (C=O) groups is 1. The summed E-state index contributed by atoms with van der Waals surface area (Å²) in [7, 11) is 0.